The first kappa shape index (κ1) is 14.0. The zero-order chi connectivity index (χ0) is 13.5. The molecule has 1 aliphatic rings. The molecule has 1 saturated heterocycles. The zero-order valence-electron chi connectivity index (χ0n) is 11.6. The summed E-state index contributed by atoms with van der Waals surface area (Å²) in [4.78, 5) is 6.49. The van der Waals surface area contributed by atoms with Crippen LogP contribution in [0.4, 0.5) is 0 Å². The molecule has 0 spiro atoms. The molecule has 2 rings (SSSR count). The van der Waals surface area contributed by atoms with Gasteiger partial charge in [0.2, 0.25) is 0 Å². The molecule has 102 valence electrons. The molecule has 0 unspecified atom stereocenters. The van der Waals surface area contributed by atoms with E-state index in [1.54, 1.807) is 6.20 Å². The number of aromatic nitrogens is 1. The largest absolute Gasteiger partial charge is 0.312 e. The highest BCUT2D eigenvalue weighted by Crippen LogP contribution is 2.16. The molecule has 0 atom stereocenters. The van der Waals surface area contributed by atoms with Crippen LogP contribution in [0.3, 0.4) is 0 Å². The van der Waals surface area contributed by atoms with Gasteiger partial charge in [-0.3, -0.25) is 0 Å². The number of pyridine rings is 1. The molecular weight excluding hydrogens is 236 g/mol. The summed E-state index contributed by atoms with van der Waals surface area (Å²) in [6, 6.07) is 5.89. The van der Waals surface area contributed by atoms with Crippen LogP contribution in [-0.2, 0) is 6.54 Å². The molecule has 0 bridgehead atoms. The van der Waals surface area contributed by atoms with Crippen molar-refractivity contribution < 1.29 is 0 Å². The van der Waals surface area contributed by atoms with Crippen LogP contribution in [0.5, 0.6) is 0 Å². The van der Waals surface area contributed by atoms with Gasteiger partial charge in [0.05, 0.1) is 0 Å². The van der Waals surface area contributed by atoms with E-state index in [-0.39, 0.29) is 0 Å². The second-order valence-corrected chi connectivity index (χ2v) is 5.17. The molecule has 4 nitrogen and oxygen atoms in total. The molecule has 1 aromatic heterocycles. The molecule has 0 radical (unpaired) electrons. The summed E-state index contributed by atoms with van der Waals surface area (Å²) in [6.45, 7) is 7.77. The van der Waals surface area contributed by atoms with Crippen molar-refractivity contribution in [2.24, 2.45) is 5.92 Å². The Morgan fingerprint density at radius 2 is 2.26 bits per heavy atom. The minimum Gasteiger partial charge on any atom is -0.312 e. The van der Waals surface area contributed by atoms with Gasteiger partial charge in [-0.25, -0.2) is 4.98 Å². The van der Waals surface area contributed by atoms with Gasteiger partial charge >= 0.3 is 0 Å². The normalized spacial score (nSPS) is 17.3. The number of nitrogens with zero attached hydrogens (tertiary/aromatic N) is 3. The fourth-order valence-electron chi connectivity index (χ4n) is 2.57. The van der Waals surface area contributed by atoms with Gasteiger partial charge in [0.15, 0.2) is 0 Å². The Morgan fingerprint density at radius 3 is 2.95 bits per heavy atom. The Balaban J connectivity index is 1.70. The van der Waals surface area contributed by atoms with E-state index >= 15 is 0 Å². The van der Waals surface area contributed by atoms with Crippen LogP contribution < -0.4 is 5.32 Å². The van der Waals surface area contributed by atoms with Gasteiger partial charge in [0, 0.05) is 12.7 Å². The number of rotatable bonds is 5. The number of likely N-dealkylation sites (tertiary alicyclic amines) is 1. The van der Waals surface area contributed by atoms with Crippen molar-refractivity contribution in [3.63, 3.8) is 0 Å². The van der Waals surface area contributed by atoms with Crippen LogP contribution in [0.25, 0.3) is 0 Å². The maximum atomic E-state index is 8.80. The smallest absolute Gasteiger partial charge is 0.140 e. The molecule has 0 aromatic carbocycles. The Kier molecular flexibility index (Phi) is 5.31. The molecule has 4 heteroatoms. The second kappa shape index (κ2) is 7.22. The van der Waals surface area contributed by atoms with Crippen LogP contribution in [0.2, 0.25) is 0 Å². The highest BCUT2D eigenvalue weighted by Gasteiger charge is 2.17. The van der Waals surface area contributed by atoms with Gasteiger partial charge in [-0.2, -0.15) is 5.26 Å². The zero-order valence-corrected chi connectivity index (χ0v) is 11.6. The molecule has 0 amide bonds. The highest BCUT2D eigenvalue weighted by molar-refractivity contribution is 5.25. The van der Waals surface area contributed by atoms with Gasteiger partial charge in [-0.1, -0.05) is 6.92 Å². The van der Waals surface area contributed by atoms with E-state index < -0.39 is 0 Å². The summed E-state index contributed by atoms with van der Waals surface area (Å²) in [6.07, 6.45) is 4.29. The van der Waals surface area contributed by atoms with Gasteiger partial charge in [-0.05, 0) is 62.6 Å². The van der Waals surface area contributed by atoms with Crippen LogP contribution in [0.1, 0.15) is 31.0 Å². The van der Waals surface area contributed by atoms with Gasteiger partial charge in [0.1, 0.15) is 11.8 Å². The molecule has 1 N–H and O–H groups in total. The Hall–Kier alpha value is -1.44. The van der Waals surface area contributed by atoms with E-state index in [4.69, 9.17) is 5.26 Å². The van der Waals surface area contributed by atoms with Crippen LogP contribution in [0, 0.1) is 17.2 Å². The van der Waals surface area contributed by atoms with Crippen molar-refractivity contribution in [2.45, 2.75) is 26.3 Å². The van der Waals surface area contributed by atoms with Crippen molar-refractivity contribution in [1.29, 1.82) is 5.26 Å². The molecule has 1 fully saturated rings. The number of nitrogens with one attached hydrogen (secondary N) is 1. The maximum absolute atomic E-state index is 8.80. The summed E-state index contributed by atoms with van der Waals surface area (Å²) in [5, 5.41) is 12.3. The lowest BCUT2D eigenvalue weighted by Gasteiger charge is -2.31. The number of hydrogen-bond acceptors (Lipinski definition) is 4. The van der Waals surface area contributed by atoms with Crippen molar-refractivity contribution in [1.82, 2.24) is 15.2 Å². The minimum atomic E-state index is 0.496. The lowest BCUT2D eigenvalue weighted by Crippen LogP contribution is -2.36. The Labute approximate surface area is 115 Å². The first-order chi connectivity index (χ1) is 9.31. The lowest BCUT2D eigenvalue weighted by molar-refractivity contribution is 0.190. The Morgan fingerprint density at radius 1 is 1.47 bits per heavy atom. The molecule has 1 aliphatic heterocycles. The fourth-order valence-corrected chi connectivity index (χ4v) is 2.57. The number of nitriles is 1. The summed E-state index contributed by atoms with van der Waals surface area (Å²) in [7, 11) is 0. The summed E-state index contributed by atoms with van der Waals surface area (Å²) < 4.78 is 0. The molecular formula is C15H22N4. The monoisotopic (exact) mass is 258 g/mol. The SMILES string of the molecule is CCN1CCC(CNCc2ccnc(C#N)c2)CC1. The molecule has 19 heavy (non-hydrogen) atoms. The van der Waals surface area contributed by atoms with Crippen molar-refractivity contribution in [3.05, 3.63) is 29.6 Å². The van der Waals surface area contributed by atoms with E-state index in [2.05, 4.69) is 28.2 Å². The van der Waals surface area contributed by atoms with Crippen molar-refractivity contribution >= 4 is 0 Å². The highest BCUT2D eigenvalue weighted by atomic mass is 15.1. The van der Waals surface area contributed by atoms with Gasteiger partial charge in [-0.15, -0.1) is 0 Å². The van der Waals surface area contributed by atoms with E-state index in [1.165, 1.54) is 32.5 Å². The van der Waals surface area contributed by atoms with Gasteiger partial charge in [0.25, 0.3) is 0 Å². The predicted octanol–water partition coefficient (Wildman–Crippen LogP) is 1.77. The van der Waals surface area contributed by atoms with Crippen LogP contribution >= 0.6 is 0 Å². The summed E-state index contributed by atoms with van der Waals surface area (Å²) in [5.74, 6) is 0.792. The first-order valence-electron chi connectivity index (χ1n) is 7.10. The van der Waals surface area contributed by atoms with Crippen molar-refractivity contribution in [2.75, 3.05) is 26.2 Å². The number of hydrogen-bond donors (Lipinski definition) is 1. The maximum Gasteiger partial charge on any atom is 0.140 e. The van der Waals surface area contributed by atoms with E-state index in [1.807, 2.05) is 12.1 Å². The van der Waals surface area contributed by atoms with E-state index in [0.29, 0.717) is 5.69 Å². The quantitative estimate of drug-likeness (QED) is 0.874. The second-order valence-electron chi connectivity index (χ2n) is 5.17. The van der Waals surface area contributed by atoms with Gasteiger partial charge < -0.3 is 10.2 Å². The minimum absolute atomic E-state index is 0.496. The predicted molar refractivity (Wildman–Crippen MR) is 75.5 cm³/mol. The average Bonchev–Trinajstić information content (AvgIpc) is 2.48. The molecule has 0 aliphatic carbocycles. The molecule has 0 saturated carbocycles. The third-order valence-electron chi connectivity index (χ3n) is 3.86. The lowest BCUT2D eigenvalue weighted by atomic mass is 9.97. The third kappa shape index (κ3) is 4.30. The fraction of sp³-hybridized carbons (Fsp3) is 0.600. The molecule has 2 heterocycles. The third-order valence-corrected chi connectivity index (χ3v) is 3.86. The molecule has 1 aromatic rings. The van der Waals surface area contributed by atoms with Crippen LogP contribution in [-0.4, -0.2) is 36.1 Å². The van der Waals surface area contributed by atoms with E-state index in [9.17, 15) is 0 Å². The van der Waals surface area contributed by atoms with Crippen molar-refractivity contribution in [3.8, 4) is 6.07 Å². The average molecular weight is 258 g/mol. The summed E-state index contributed by atoms with van der Waals surface area (Å²) in [5.41, 5.74) is 1.63. The summed E-state index contributed by atoms with van der Waals surface area (Å²) >= 11 is 0. The first-order valence-corrected chi connectivity index (χ1v) is 7.10. The van der Waals surface area contributed by atoms with Crippen LogP contribution in [0.15, 0.2) is 18.3 Å². The standard InChI is InChI=1S/C15H22N4/c1-2-19-7-4-13(5-8-19)11-17-12-14-3-6-18-15(9-14)10-16/h3,6,9,13,17H,2,4-5,7-8,11-12H2,1H3. The number of piperidine rings is 1. The topological polar surface area (TPSA) is 52.0 Å². The van der Waals surface area contributed by atoms with E-state index in [0.717, 1.165) is 24.6 Å². The Bertz CT molecular complexity index is 430.